The molecule has 1 aromatic heterocycles. The van der Waals surface area contributed by atoms with E-state index in [0.717, 1.165) is 6.42 Å². The molecule has 0 atom stereocenters. The Morgan fingerprint density at radius 3 is 2.16 bits per heavy atom. The van der Waals surface area contributed by atoms with Crippen molar-refractivity contribution in [3.8, 4) is 10.6 Å². The molecular weight excluding hydrogens is 367 g/mol. The fraction of sp³-hybridized carbons (Fsp3) is 0.400. The van der Waals surface area contributed by atoms with Crippen LogP contribution < -0.4 is 33.4 Å². The SMILES string of the molecule is CCc1c(C)sc(-c2ccc(N(C)C)cc2)[n+]1C.[I-]. The zero-order valence-electron chi connectivity index (χ0n) is 12.2. The first-order valence-corrected chi connectivity index (χ1v) is 7.12. The Balaban J connectivity index is 0.00000180. The van der Waals surface area contributed by atoms with Gasteiger partial charge in [0, 0.05) is 26.2 Å². The summed E-state index contributed by atoms with van der Waals surface area (Å²) < 4.78 is 2.32. The first kappa shape index (κ1) is 16.4. The average molecular weight is 388 g/mol. The third-order valence-corrected chi connectivity index (χ3v) is 4.58. The van der Waals surface area contributed by atoms with E-state index in [0.29, 0.717) is 0 Å². The lowest BCUT2D eigenvalue weighted by Gasteiger charge is -2.11. The maximum Gasteiger partial charge on any atom is 0.269 e. The summed E-state index contributed by atoms with van der Waals surface area (Å²) in [5.74, 6) is 0. The van der Waals surface area contributed by atoms with E-state index in [4.69, 9.17) is 0 Å². The number of aromatic nitrogens is 1. The second-order valence-electron chi connectivity index (χ2n) is 4.76. The second-order valence-corrected chi connectivity index (χ2v) is 5.97. The molecule has 19 heavy (non-hydrogen) atoms. The fourth-order valence-electron chi connectivity index (χ4n) is 2.27. The molecule has 1 heterocycles. The van der Waals surface area contributed by atoms with Crippen LogP contribution in [0.2, 0.25) is 0 Å². The molecule has 0 spiro atoms. The predicted octanol–water partition coefficient (Wildman–Crippen LogP) is 0.180. The van der Waals surface area contributed by atoms with Crippen LogP contribution >= 0.6 is 11.3 Å². The van der Waals surface area contributed by atoms with Crippen molar-refractivity contribution in [2.75, 3.05) is 19.0 Å². The number of hydrogen-bond donors (Lipinski definition) is 0. The van der Waals surface area contributed by atoms with E-state index < -0.39 is 0 Å². The van der Waals surface area contributed by atoms with E-state index in [-0.39, 0.29) is 24.0 Å². The van der Waals surface area contributed by atoms with E-state index in [9.17, 15) is 0 Å². The summed E-state index contributed by atoms with van der Waals surface area (Å²) >= 11 is 1.88. The lowest BCUT2D eigenvalue weighted by molar-refractivity contribution is -0.663. The van der Waals surface area contributed by atoms with Gasteiger partial charge in [-0.2, -0.15) is 4.57 Å². The lowest BCUT2D eigenvalue weighted by Crippen LogP contribution is -3.00. The molecule has 0 bridgehead atoms. The summed E-state index contributed by atoms with van der Waals surface area (Å²) in [6.07, 6.45) is 1.09. The Bertz CT molecular complexity index is 544. The number of nitrogens with zero attached hydrogens (tertiary/aromatic N) is 2. The third-order valence-electron chi connectivity index (χ3n) is 3.33. The minimum Gasteiger partial charge on any atom is -1.00 e. The van der Waals surface area contributed by atoms with Crippen LogP contribution in [0.15, 0.2) is 24.3 Å². The normalized spacial score (nSPS) is 10.2. The van der Waals surface area contributed by atoms with Gasteiger partial charge in [-0.25, -0.2) is 0 Å². The van der Waals surface area contributed by atoms with E-state index in [2.05, 4.69) is 68.7 Å². The van der Waals surface area contributed by atoms with E-state index in [1.165, 1.54) is 26.8 Å². The van der Waals surface area contributed by atoms with Gasteiger partial charge in [-0.1, -0.05) is 18.3 Å². The number of anilines is 1. The number of aryl methyl sites for hydroxylation is 1. The van der Waals surface area contributed by atoms with Crippen molar-refractivity contribution in [3.05, 3.63) is 34.8 Å². The molecule has 2 rings (SSSR count). The largest absolute Gasteiger partial charge is 1.00 e. The van der Waals surface area contributed by atoms with E-state index >= 15 is 0 Å². The molecule has 0 aliphatic rings. The molecule has 0 amide bonds. The van der Waals surface area contributed by atoms with Crippen LogP contribution in [0, 0.1) is 6.92 Å². The van der Waals surface area contributed by atoms with Crippen LogP contribution in [0.4, 0.5) is 5.69 Å². The zero-order valence-corrected chi connectivity index (χ0v) is 15.2. The van der Waals surface area contributed by atoms with Gasteiger partial charge in [0.05, 0.1) is 10.4 Å². The van der Waals surface area contributed by atoms with Gasteiger partial charge in [-0.05, 0) is 31.2 Å². The smallest absolute Gasteiger partial charge is 0.269 e. The zero-order chi connectivity index (χ0) is 13.3. The molecule has 0 unspecified atom stereocenters. The van der Waals surface area contributed by atoms with Gasteiger partial charge in [0.15, 0.2) is 5.69 Å². The molecule has 0 fully saturated rings. The molecule has 2 aromatic rings. The highest BCUT2D eigenvalue weighted by atomic mass is 127. The molecule has 0 aliphatic heterocycles. The Kier molecular flexibility index (Phi) is 5.80. The van der Waals surface area contributed by atoms with Gasteiger partial charge in [0.2, 0.25) is 0 Å². The Hall–Kier alpha value is -0.620. The van der Waals surface area contributed by atoms with Gasteiger partial charge >= 0.3 is 0 Å². The minimum atomic E-state index is 0. The van der Waals surface area contributed by atoms with E-state index in [1.54, 1.807) is 0 Å². The molecule has 0 N–H and O–H groups in total. The van der Waals surface area contributed by atoms with Crippen molar-refractivity contribution in [2.45, 2.75) is 20.3 Å². The number of rotatable bonds is 3. The van der Waals surface area contributed by atoms with E-state index in [1.807, 2.05) is 11.3 Å². The third kappa shape index (κ3) is 3.28. The summed E-state index contributed by atoms with van der Waals surface area (Å²) in [5.41, 5.74) is 3.98. The quantitative estimate of drug-likeness (QED) is 0.538. The maximum atomic E-state index is 2.32. The molecule has 4 heteroatoms. The van der Waals surface area contributed by atoms with Crippen LogP contribution in [0.3, 0.4) is 0 Å². The van der Waals surface area contributed by atoms with Gasteiger partial charge in [-0.3, -0.25) is 0 Å². The van der Waals surface area contributed by atoms with Crippen molar-refractivity contribution >= 4 is 17.0 Å². The summed E-state index contributed by atoms with van der Waals surface area (Å²) in [6.45, 7) is 4.43. The maximum absolute atomic E-state index is 2.32. The topological polar surface area (TPSA) is 7.12 Å². The van der Waals surface area contributed by atoms with Crippen LogP contribution in [0.1, 0.15) is 17.5 Å². The summed E-state index contributed by atoms with van der Waals surface area (Å²) in [5, 5.41) is 1.34. The molecule has 1 aromatic carbocycles. The Labute approximate surface area is 137 Å². The summed E-state index contributed by atoms with van der Waals surface area (Å²) in [7, 11) is 6.30. The van der Waals surface area contributed by atoms with Gasteiger partial charge in [0.1, 0.15) is 7.05 Å². The number of hydrogen-bond acceptors (Lipinski definition) is 2. The van der Waals surface area contributed by atoms with Crippen LogP contribution in [0.25, 0.3) is 10.6 Å². The Morgan fingerprint density at radius 1 is 1.16 bits per heavy atom. The van der Waals surface area contributed by atoms with Crippen molar-refractivity contribution in [1.29, 1.82) is 0 Å². The second kappa shape index (κ2) is 6.70. The molecule has 104 valence electrons. The average Bonchev–Trinajstić information content (AvgIpc) is 2.64. The van der Waals surface area contributed by atoms with Crippen molar-refractivity contribution in [2.24, 2.45) is 7.05 Å². The fourth-order valence-corrected chi connectivity index (χ4v) is 3.46. The summed E-state index contributed by atoms with van der Waals surface area (Å²) in [4.78, 5) is 3.55. The standard InChI is InChI=1S/C15H21N2S.HI/c1-6-14-11(2)18-15(17(14)5)12-7-9-13(10-8-12)16(3)4;/h7-10H,6H2,1-5H3;1H/q+1;/p-1. The molecule has 2 nitrogen and oxygen atoms in total. The number of benzene rings is 1. The lowest BCUT2D eigenvalue weighted by atomic mass is 10.2. The number of thiazole rings is 1. The first-order chi connectivity index (χ1) is 8.54. The van der Waals surface area contributed by atoms with Gasteiger partial charge < -0.3 is 28.9 Å². The van der Waals surface area contributed by atoms with Crippen molar-refractivity contribution < 1.29 is 28.5 Å². The highest BCUT2D eigenvalue weighted by molar-refractivity contribution is 7.14. The van der Waals surface area contributed by atoms with Crippen LogP contribution in [0.5, 0.6) is 0 Å². The monoisotopic (exact) mass is 388 g/mol. The number of halogens is 1. The predicted molar refractivity (Wildman–Crippen MR) is 79.4 cm³/mol. The van der Waals surface area contributed by atoms with Gasteiger partial charge in [0.25, 0.3) is 5.01 Å². The van der Waals surface area contributed by atoms with Crippen LogP contribution in [-0.2, 0) is 13.5 Å². The van der Waals surface area contributed by atoms with Crippen molar-refractivity contribution in [3.63, 3.8) is 0 Å². The highest BCUT2D eigenvalue weighted by Crippen LogP contribution is 2.27. The van der Waals surface area contributed by atoms with Crippen molar-refractivity contribution in [1.82, 2.24) is 0 Å². The highest BCUT2D eigenvalue weighted by Gasteiger charge is 2.20. The molecule has 0 aliphatic carbocycles. The molecule has 0 saturated heterocycles. The van der Waals surface area contributed by atoms with Gasteiger partial charge in [-0.15, -0.1) is 0 Å². The molecular formula is C15H21IN2S. The first-order valence-electron chi connectivity index (χ1n) is 6.30. The minimum absolute atomic E-state index is 0. The molecule has 0 radical (unpaired) electrons. The Morgan fingerprint density at radius 2 is 1.74 bits per heavy atom. The summed E-state index contributed by atoms with van der Waals surface area (Å²) in [6, 6.07) is 8.77. The van der Waals surface area contributed by atoms with Crippen LogP contribution in [-0.4, -0.2) is 14.1 Å². The molecule has 0 saturated carbocycles.